The van der Waals surface area contributed by atoms with Gasteiger partial charge in [0, 0.05) is 19.8 Å². The van der Waals surface area contributed by atoms with Crippen molar-refractivity contribution in [1.82, 2.24) is 0 Å². The number of hydrogen-bond acceptors (Lipinski definition) is 2. The van der Waals surface area contributed by atoms with Gasteiger partial charge in [-0.3, -0.25) is 4.79 Å². The molecule has 3 aromatic carbocycles. The Labute approximate surface area is 167 Å². The first-order valence-corrected chi connectivity index (χ1v) is 9.06. The molecule has 3 aromatic rings. The van der Waals surface area contributed by atoms with Crippen LogP contribution in [-0.4, -0.2) is 20.0 Å². The Morgan fingerprint density at radius 3 is 1.83 bits per heavy atom. The van der Waals surface area contributed by atoms with E-state index < -0.39 is 23.6 Å². The van der Waals surface area contributed by atoms with Gasteiger partial charge in [0.25, 0.3) is 0 Å². The van der Waals surface area contributed by atoms with Gasteiger partial charge in [-0.05, 0) is 29.3 Å². The first kappa shape index (κ1) is 20.5. The van der Waals surface area contributed by atoms with Gasteiger partial charge in [0.15, 0.2) is 0 Å². The Balaban J connectivity index is 2.01. The van der Waals surface area contributed by atoms with Crippen LogP contribution in [0.4, 0.5) is 24.5 Å². The molecule has 0 fully saturated rings. The minimum atomic E-state index is -4.59. The molecule has 0 aliphatic heterocycles. The van der Waals surface area contributed by atoms with Gasteiger partial charge in [0.05, 0.1) is 17.2 Å². The summed E-state index contributed by atoms with van der Waals surface area (Å²) in [6.45, 7) is 0. The van der Waals surface area contributed by atoms with Gasteiger partial charge in [0.1, 0.15) is 0 Å². The van der Waals surface area contributed by atoms with Crippen LogP contribution in [0.1, 0.15) is 22.6 Å². The van der Waals surface area contributed by atoms with E-state index in [4.69, 9.17) is 0 Å². The summed E-state index contributed by atoms with van der Waals surface area (Å²) in [6.07, 6.45) is -4.59. The maximum atomic E-state index is 13.6. The number of benzene rings is 3. The van der Waals surface area contributed by atoms with Gasteiger partial charge in [-0.25, -0.2) is 0 Å². The molecule has 0 saturated carbocycles. The van der Waals surface area contributed by atoms with Crippen LogP contribution in [0, 0.1) is 0 Å². The Morgan fingerprint density at radius 1 is 0.862 bits per heavy atom. The van der Waals surface area contributed by atoms with Gasteiger partial charge >= 0.3 is 6.18 Å². The number of halogens is 3. The molecule has 0 spiro atoms. The van der Waals surface area contributed by atoms with Crippen molar-refractivity contribution in [2.45, 2.75) is 12.1 Å². The zero-order chi connectivity index (χ0) is 21.0. The van der Waals surface area contributed by atoms with E-state index in [2.05, 4.69) is 5.32 Å². The summed E-state index contributed by atoms with van der Waals surface area (Å²) in [5, 5.41) is 2.50. The summed E-state index contributed by atoms with van der Waals surface area (Å²) < 4.78 is 40.9. The minimum Gasteiger partial charge on any atom is -0.378 e. The summed E-state index contributed by atoms with van der Waals surface area (Å²) in [5.41, 5.74) is 0.671. The Hall–Kier alpha value is -3.28. The van der Waals surface area contributed by atoms with E-state index in [1.54, 1.807) is 73.6 Å². The number of alkyl halides is 3. The van der Waals surface area contributed by atoms with Gasteiger partial charge in [0.2, 0.25) is 5.91 Å². The molecule has 0 aliphatic rings. The highest BCUT2D eigenvalue weighted by molar-refractivity contribution is 5.99. The standard InChI is InChI=1S/C23H21F3N2O/c1-28(2)18-13-14-20(19(15-18)23(24,25)26)27-22(29)21(16-9-5-3-6-10-16)17-11-7-4-8-12-17/h3-15,21H,1-2H3,(H,27,29). The number of hydrogen-bond donors (Lipinski definition) is 1. The van der Waals surface area contributed by atoms with E-state index in [-0.39, 0.29) is 5.69 Å². The van der Waals surface area contributed by atoms with Gasteiger partial charge < -0.3 is 10.2 Å². The lowest BCUT2D eigenvalue weighted by Gasteiger charge is -2.21. The van der Waals surface area contributed by atoms with E-state index in [0.717, 1.165) is 6.07 Å². The number of nitrogens with one attached hydrogen (secondary N) is 1. The highest BCUT2D eigenvalue weighted by atomic mass is 19.4. The van der Waals surface area contributed by atoms with Gasteiger partial charge in [-0.2, -0.15) is 13.2 Å². The zero-order valence-electron chi connectivity index (χ0n) is 16.1. The van der Waals surface area contributed by atoms with Crippen molar-refractivity contribution >= 4 is 17.3 Å². The Morgan fingerprint density at radius 2 is 1.38 bits per heavy atom. The maximum absolute atomic E-state index is 13.6. The average molecular weight is 398 g/mol. The molecule has 3 rings (SSSR count). The molecule has 0 unspecified atom stereocenters. The SMILES string of the molecule is CN(C)c1ccc(NC(=O)C(c2ccccc2)c2ccccc2)c(C(F)(F)F)c1. The summed E-state index contributed by atoms with van der Waals surface area (Å²) in [4.78, 5) is 14.7. The third-order valence-electron chi connectivity index (χ3n) is 4.61. The molecule has 29 heavy (non-hydrogen) atoms. The second-order valence-corrected chi connectivity index (χ2v) is 6.87. The largest absolute Gasteiger partial charge is 0.418 e. The van der Waals surface area contributed by atoms with Crippen molar-refractivity contribution in [3.63, 3.8) is 0 Å². The predicted octanol–water partition coefficient (Wildman–Crippen LogP) is 5.54. The summed E-state index contributed by atoms with van der Waals surface area (Å²) in [7, 11) is 3.32. The fraction of sp³-hybridized carbons (Fsp3) is 0.174. The maximum Gasteiger partial charge on any atom is 0.418 e. The fourth-order valence-corrected chi connectivity index (χ4v) is 3.15. The molecule has 150 valence electrons. The van der Waals surface area contributed by atoms with Crippen LogP contribution in [-0.2, 0) is 11.0 Å². The van der Waals surface area contributed by atoms with E-state index >= 15 is 0 Å². The monoisotopic (exact) mass is 398 g/mol. The second-order valence-electron chi connectivity index (χ2n) is 6.87. The Kier molecular flexibility index (Phi) is 5.92. The van der Waals surface area contributed by atoms with E-state index in [0.29, 0.717) is 16.8 Å². The number of rotatable bonds is 5. The summed E-state index contributed by atoms with van der Waals surface area (Å²) in [6, 6.07) is 21.9. The molecule has 3 nitrogen and oxygen atoms in total. The molecule has 0 aliphatic carbocycles. The molecule has 0 atom stereocenters. The predicted molar refractivity (Wildman–Crippen MR) is 109 cm³/mol. The molecular weight excluding hydrogens is 377 g/mol. The molecular formula is C23H21F3N2O. The zero-order valence-corrected chi connectivity index (χ0v) is 16.1. The number of amides is 1. The number of carbonyl (C=O) groups excluding carboxylic acids is 1. The summed E-state index contributed by atoms with van der Waals surface area (Å²) in [5.74, 6) is -1.25. The lowest BCUT2D eigenvalue weighted by molar-refractivity contribution is -0.136. The highest BCUT2D eigenvalue weighted by Gasteiger charge is 2.35. The first-order valence-electron chi connectivity index (χ1n) is 9.06. The van der Waals surface area contributed by atoms with Crippen LogP contribution < -0.4 is 10.2 Å². The highest BCUT2D eigenvalue weighted by Crippen LogP contribution is 2.38. The quantitative estimate of drug-likeness (QED) is 0.612. The van der Waals surface area contributed by atoms with Crippen LogP contribution in [0.25, 0.3) is 0 Å². The van der Waals surface area contributed by atoms with E-state index in [9.17, 15) is 18.0 Å². The smallest absolute Gasteiger partial charge is 0.378 e. The third-order valence-corrected chi connectivity index (χ3v) is 4.61. The number of carbonyl (C=O) groups is 1. The van der Waals surface area contributed by atoms with Crippen molar-refractivity contribution in [2.75, 3.05) is 24.3 Å². The number of nitrogens with zero attached hydrogens (tertiary/aromatic N) is 1. The van der Waals surface area contributed by atoms with Crippen molar-refractivity contribution < 1.29 is 18.0 Å². The Bertz CT molecular complexity index is 931. The minimum absolute atomic E-state index is 0.259. The van der Waals surface area contributed by atoms with Crippen LogP contribution in [0.5, 0.6) is 0 Å². The molecule has 0 saturated heterocycles. The third kappa shape index (κ3) is 4.77. The van der Waals surface area contributed by atoms with Crippen molar-refractivity contribution in [1.29, 1.82) is 0 Å². The lowest BCUT2D eigenvalue weighted by atomic mass is 9.90. The van der Waals surface area contributed by atoms with Crippen LogP contribution in [0.15, 0.2) is 78.9 Å². The van der Waals surface area contributed by atoms with E-state index in [1.807, 2.05) is 12.1 Å². The normalized spacial score (nSPS) is 11.4. The molecule has 0 radical (unpaired) electrons. The second kappa shape index (κ2) is 8.39. The molecule has 0 heterocycles. The van der Waals surface area contributed by atoms with Crippen molar-refractivity contribution in [3.8, 4) is 0 Å². The average Bonchev–Trinajstić information content (AvgIpc) is 2.69. The molecule has 0 bridgehead atoms. The van der Waals surface area contributed by atoms with E-state index in [1.165, 1.54) is 6.07 Å². The van der Waals surface area contributed by atoms with Crippen LogP contribution in [0.3, 0.4) is 0 Å². The molecule has 6 heteroatoms. The van der Waals surface area contributed by atoms with Crippen LogP contribution in [0.2, 0.25) is 0 Å². The van der Waals surface area contributed by atoms with Gasteiger partial charge in [-0.15, -0.1) is 0 Å². The topological polar surface area (TPSA) is 32.3 Å². The van der Waals surface area contributed by atoms with Crippen molar-refractivity contribution in [3.05, 3.63) is 95.6 Å². The molecule has 1 N–H and O–H groups in total. The molecule has 0 aromatic heterocycles. The van der Waals surface area contributed by atoms with Gasteiger partial charge in [-0.1, -0.05) is 60.7 Å². The van der Waals surface area contributed by atoms with Crippen molar-refractivity contribution in [2.24, 2.45) is 0 Å². The molecule has 1 amide bonds. The summed E-state index contributed by atoms with van der Waals surface area (Å²) >= 11 is 0. The lowest BCUT2D eigenvalue weighted by Crippen LogP contribution is -2.24. The van der Waals surface area contributed by atoms with Crippen LogP contribution >= 0.6 is 0 Å². The first-order chi connectivity index (χ1) is 13.8. The number of anilines is 2. The fourth-order valence-electron chi connectivity index (χ4n) is 3.15.